The highest BCUT2D eigenvalue weighted by molar-refractivity contribution is 6.04. The van der Waals surface area contributed by atoms with E-state index in [4.69, 9.17) is 0 Å². The van der Waals surface area contributed by atoms with Crippen LogP contribution in [0.4, 0.5) is 27.6 Å². The number of halogens is 5. The Morgan fingerprint density at radius 1 is 0.943 bits per heavy atom. The summed E-state index contributed by atoms with van der Waals surface area (Å²) in [5, 5.41) is 2.38. The van der Waals surface area contributed by atoms with Gasteiger partial charge in [0, 0.05) is 18.1 Å². The van der Waals surface area contributed by atoms with E-state index in [0.717, 1.165) is 18.2 Å². The molecule has 0 fully saturated rings. The molecule has 0 aliphatic carbocycles. The molecule has 3 aromatic rings. The lowest BCUT2D eigenvalue weighted by Gasteiger charge is -2.12. The van der Waals surface area contributed by atoms with E-state index in [1.807, 2.05) is 34.6 Å². The van der Waals surface area contributed by atoms with E-state index in [1.54, 1.807) is 6.08 Å². The molecule has 1 N–H and O–H groups in total. The first kappa shape index (κ1) is 31.3. The number of anilines is 1. The molecule has 0 saturated carbocycles. The zero-order valence-electron chi connectivity index (χ0n) is 20.5. The van der Waals surface area contributed by atoms with Crippen molar-refractivity contribution in [1.29, 1.82) is 0 Å². The Balaban J connectivity index is 0.00000150. The van der Waals surface area contributed by atoms with Crippen molar-refractivity contribution in [3.63, 3.8) is 0 Å². The molecule has 0 spiro atoms. The van der Waals surface area contributed by atoms with Gasteiger partial charge in [0.05, 0.1) is 16.8 Å². The van der Waals surface area contributed by atoms with E-state index in [1.165, 1.54) is 47.3 Å². The van der Waals surface area contributed by atoms with E-state index < -0.39 is 34.8 Å². The molecule has 1 aromatic heterocycles. The molecule has 1 amide bonds. The second-order valence-corrected chi connectivity index (χ2v) is 6.21. The highest BCUT2D eigenvalue weighted by Gasteiger charge is 2.35. The number of carbonyl (C=O) groups is 1. The molecule has 35 heavy (non-hydrogen) atoms. The first-order valence-corrected chi connectivity index (χ1v) is 11.0. The topological polar surface area (TPSA) is 34.0 Å². The summed E-state index contributed by atoms with van der Waals surface area (Å²) in [6.07, 6.45) is -0.314. The smallest absolute Gasteiger partial charge is 0.323 e. The van der Waals surface area contributed by atoms with Crippen molar-refractivity contribution in [1.82, 2.24) is 4.57 Å². The summed E-state index contributed by atoms with van der Waals surface area (Å²) < 4.78 is 67.8. The number of benzene rings is 2. The van der Waals surface area contributed by atoms with Crippen LogP contribution in [0.5, 0.6) is 0 Å². The van der Waals surface area contributed by atoms with Crippen molar-refractivity contribution >= 4 is 17.8 Å². The summed E-state index contributed by atoms with van der Waals surface area (Å²) in [5.74, 6) is -3.32. The van der Waals surface area contributed by atoms with Crippen LogP contribution in [0.3, 0.4) is 0 Å². The lowest BCUT2D eigenvalue weighted by atomic mass is 10.1. The highest BCUT2D eigenvalue weighted by atomic mass is 19.4. The molecule has 0 unspecified atom stereocenters. The zero-order valence-corrected chi connectivity index (χ0v) is 20.5. The molecule has 8 heteroatoms. The molecular formula is C27H31F5N2O. The first-order valence-electron chi connectivity index (χ1n) is 11.0. The van der Waals surface area contributed by atoms with Gasteiger partial charge in [0.25, 0.3) is 5.91 Å². The van der Waals surface area contributed by atoms with E-state index in [0.29, 0.717) is 0 Å². The molecule has 0 aliphatic heterocycles. The quantitative estimate of drug-likeness (QED) is 0.285. The van der Waals surface area contributed by atoms with Gasteiger partial charge < -0.3 is 9.88 Å². The first-order chi connectivity index (χ1) is 16.6. The Bertz CT molecular complexity index is 1080. The van der Waals surface area contributed by atoms with E-state index >= 15 is 0 Å². The summed E-state index contributed by atoms with van der Waals surface area (Å²) >= 11 is 0. The lowest BCUT2D eigenvalue weighted by molar-refractivity contribution is -0.137. The van der Waals surface area contributed by atoms with Crippen molar-refractivity contribution in [2.45, 2.75) is 40.8 Å². The van der Waals surface area contributed by atoms with Crippen molar-refractivity contribution in [3.05, 3.63) is 96.7 Å². The molecule has 0 atom stereocenters. The van der Waals surface area contributed by atoms with Gasteiger partial charge in [-0.05, 0) is 42.8 Å². The van der Waals surface area contributed by atoms with Gasteiger partial charge in [-0.3, -0.25) is 4.79 Å². The monoisotopic (exact) mass is 494 g/mol. The van der Waals surface area contributed by atoms with Crippen LogP contribution < -0.4 is 5.32 Å². The Hall–Kier alpha value is -3.68. The fourth-order valence-electron chi connectivity index (χ4n) is 2.72. The molecule has 3 rings (SSSR count). The Kier molecular flexibility index (Phi) is 13.7. The van der Waals surface area contributed by atoms with Crippen molar-refractivity contribution in [2.75, 3.05) is 5.32 Å². The van der Waals surface area contributed by atoms with Gasteiger partial charge in [-0.1, -0.05) is 58.5 Å². The number of aromatic nitrogens is 1. The molecule has 0 radical (unpaired) electrons. The number of allylic oxidation sites excluding steroid dienone is 1. The number of rotatable bonds is 4. The number of hydrogen-bond acceptors (Lipinski definition) is 1. The molecule has 2 aromatic carbocycles. The van der Waals surface area contributed by atoms with Crippen LogP contribution in [0.1, 0.15) is 50.5 Å². The molecule has 0 saturated heterocycles. The fraction of sp³-hybridized carbons (Fsp3) is 0.222. The van der Waals surface area contributed by atoms with Gasteiger partial charge in [0.15, 0.2) is 11.6 Å². The van der Waals surface area contributed by atoms with E-state index in [2.05, 4.69) is 18.5 Å². The largest absolute Gasteiger partial charge is 0.418 e. The standard InChI is InChI=1S/C20H13F5N2O.C3H6.2C2H6/c1-2-27-11-10-15(20(23,24)25)18(27)12-6-8-13(9-7-12)26-19(28)14-4-3-5-16(21)17(14)22;1-3-2;2*1-2/h2-11H,1H2,(H,26,28);3H,1H2,2H3;2*1-2H3. The SMILES string of the molecule is C=CC.C=Cn1ccc(C(F)(F)F)c1-c1ccc(NC(=O)c2cccc(F)c2F)cc1.CC.CC. The zero-order chi connectivity index (χ0) is 27.2. The number of carbonyl (C=O) groups excluding carboxylic acids is 1. The lowest BCUT2D eigenvalue weighted by Crippen LogP contribution is -2.14. The van der Waals surface area contributed by atoms with Crippen LogP contribution in [-0.4, -0.2) is 10.5 Å². The summed E-state index contributed by atoms with van der Waals surface area (Å²) in [6.45, 7) is 16.7. The third kappa shape index (κ3) is 8.55. The van der Waals surface area contributed by atoms with Gasteiger partial charge in [0.2, 0.25) is 0 Å². The Morgan fingerprint density at radius 2 is 1.49 bits per heavy atom. The van der Waals surface area contributed by atoms with Crippen molar-refractivity contribution in [2.24, 2.45) is 0 Å². The predicted molar refractivity (Wildman–Crippen MR) is 134 cm³/mol. The minimum Gasteiger partial charge on any atom is -0.323 e. The summed E-state index contributed by atoms with van der Waals surface area (Å²) in [7, 11) is 0. The number of alkyl halides is 3. The van der Waals surface area contributed by atoms with Crippen LogP contribution in [0.15, 0.2) is 74.0 Å². The van der Waals surface area contributed by atoms with Crippen LogP contribution in [0.2, 0.25) is 0 Å². The fourth-order valence-corrected chi connectivity index (χ4v) is 2.72. The Morgan fingerprint density at radius 3 is 1.97 bits per heavy atom. The molecule has 1 heterocycles. The van der Waals surface area contributed by atoms with Gasteiger partial charge in [0.1, 0.15) is 0 Å². The molecule has 3 nitrogen and oxygen atoms in total. The van der Waals surface area contributed by atoms with E-state index in [9.17, 15) is 26.7 Å². The second kappa shape index (κ2) is 15.3. The third-order valence-corrected chi connectivity index (χ3v) is 4.03. The molecule has 190 valence electrons. The maximum Gasteiger partial charge on any atom is 0.418 e. The van der Waals surface area contributed by atoms with Gasteiger partial charge in [-0.2, -0.15) is 13.2 Å². The Labute approximate surface area is 203 Å². The third-order valence-electron chi connectivity index (χ3n) is 4.03. The second-order valence-electron chi connectivity index (χ2n) is 6.21. The van der Waals surface area contributed by atoms with Crippen molar-refractivity contribution in [3.8, 4) is 11.3 Å². The maximum atomic E-state index is 13.7. The van der Waals surface area contributed by atoms with Gasteiger partial charge in [-0.15, -0.1) is 6.58 Å². The molecular weight excluding hydrogens is 463 g/mol. The molecule has 0 aliphatic rings. The highest BCUT2D eigenvalue weighted by Crippen LogP contribution is 2.38. The maximum absolute atomic E-state index is 13.7. The van der Waals surface area contributed by atoms with Gasteiger partial charge in [-0.25, -0.2) is 8.78 Å². The van der Waals surface area contributed by atoms with E-state index in [-0.39, 0.29) is 16.9 Å². The normalized spacial score (nSPS) is 9.77. The van der Waals surface area contributed by atoms with Gasteiger partial charge >= 0.3 is 6.18 Å². The number of amides is 1. The average molecular weight is 495 g/mol. The van der Waals surface area contributed by atoms with Crippen LogP contribution in [0.25, 0.3) is 17.5 Å². The summed E-state index contributed by atoms with van der Waals surface area (Å²) in [4.78, 5) is 12.1. The van der Waals surface area contributed by atoms with Crippen LogP contribution in [-0.2, 0) is 6.18 Å². The molecule has 0 bridgehead atoms. The predicted octanol–water partition coefficient (Wildman–Crippen LogP) is 9.05. The minimum atomic E-state index is -4.55. The van der Waals surface area contributed by atoms with Crippen molar-refractivity contribution < 1.29 is 26.7 Å². The number of nitrogens with zero attached hydrogens (tertiary/aromatic N) is 1. The van der Waals surface area contributed by atoms with Crippen LogP contribution >= 0.6 is 0 Å². The number of hydrogen-bond donors (Lipinski definition) is 1. The van der Waals surface area contributed by atoms with Crippen LogP contribution in [0, 0.1) is 11.6 Å². The minimum absolute atomic E-state index is 0.100. The summed E-state index contributed by atoms with van der Waals surface area (Å²) in [5.41, 5.74) is -0.957. The average Bonchev–Trinajstić information content (AvgIpc) is 3.29. The summed E-state index contributed by atoms with van der Waals surface area (Å²) in [6, 6.07) is 9.63. The number of nitrogens with one attached hydrogen (secondary N) is 1.